The number of anilines is 1. The molecule has 1 unspecified atom stereocenters. The average molecular weight is 721 g/mol. The summed E-state index contributed by atoms with van der Waals surface area (Å²) in [5.41, 5.74) is 4.35. The van der Waals surface area contributed by atoms with Gasteiger partial charge in [-0.25, -0.2) is 9.97 Å². The SMILES string of the molecule is CCc1nc(N2CCC3(CCN(Cc4ccc5c(cc(C#N)n5C[C@H](C)N5CCC(NC(C)=O)CC5)c4C)C3)C2)c2cc(CC(F)(F)F)sc2n1. The number of fused-ring (bicyclic) bond motifs is 2. The molecule has 7 rings (SSSR count). The van der Waals surface area contributed by atoms with E-state index in [-0.39, 0.29) is 28.3 Å². The number of carbonyl (C=O) groups is 1. The highest BCUT2D eigenvalue weighted by Gasteiger charge is 2.44. The van der Waals surface area contributed by atoms with Gasteiger partial charge in [0.2, 0.25) is 5.91 Å². The minimum absolute atomic E-state index is 0.0262. The molecule has 3 aliphatic rings. The minimum Gasteiger partial charge on any atom is -0.355 e. The minimum atomic E-state index is -4.26. The van der Waals surface area contributed by atoms with Crippen LogP contribution in [-0.2, 0) is 30.7 Å². The Morgan fingerprint density at radius 1 is 1.12 bits per heavy atom. The van der Waals surface area contributed by atoms with Crippen LogP contribution < -0.4 is 10.2 Å². The van der Waals surface area contributed by atoms with Crippen molar-refractivity contribution in [1.29, 1.82) is 5.26 Å². The molecule has 51 heavy (non-hydrogen) atoms. The van der Waals surface area contributed by atoms with Crippen molar-refractivity contribution in [3.8, 4) is 6.07 Å². The van der Waals surface area contributed by atoms with E-state index in [0.29, 0.717) is 22.8 Å². The zero-order chi connectivity index (χ0) is 36.1. The lowest BCUT2D eigenvalue weighted by Crippen LogP contribution is -2.47. The van der Waals surface area contributed by atoms with Crippen molar-refractivity contribution in [2.45, 2.75) is 97.6 Å². The van der Waals surface area contributed by atoms with Gasteiger partial charge in [-0.2, -0.15) is 18.4 Å². The molecular weight excluding hydrogens is 674 g/mol. The number of aromatic nitrogens is 3. The number of halogens is 3. The number of nitrogens with one attached hydrogen (secondary N) is 1. The summed E-state index contributed by atoms with van der Waals surface area (Å²) in [5.74, 6) is 1.47. The van der Waals surface area contributed by atoms with E-state index < -0.39 is 12.6 Å². The zero-order valence-electron chi connectivity index (χ0n) is 29.9. The number of likely N-dealkylation sites (tertiary alicyclic amines) is 2. The summed E-state index contributed by atoms with van der Waals surface area (Å²) in [6, 6.07) is 11.0. The van der Waals surface area contributed by atoms with Crippen LogP contribution in [0.2, 0.25) is 0 Å². The molecule has 0 radical (unpaired) electrons. The number of thiophene rings is 1. The molecule has 1 amide bonds. The van der Waals surface area contributed by atoms with E-state index in [4.69, 9.17) is 4.98 Å². The summed E-state index contributed by atoms with van der Waals surface area (Å²) < 4.78 is 41.8. The van der Waals surface area contributed by atoms with Crippen LogP contribution in [0.5, 0.6) is 0 Å². The van der Waals surface area contributed by atoms with Gasteiger partial charge in [-0.3, -0.25) is 14.6 Å². The molecule has 9 nitrogen and oxygen atoms in total. The Bertz CT molecular complexity index is 1970. The number of nitrogens with zero attached hydrogens (tertiary/aromatic N) is 7. The topological polar surface area (TPSA) is 93.3 Å². The van der Waals surface area contributed by atoms with E-state index in [0.717, 1.165) is 111 Å². The lowest BCUT2D eigenvalue weighted by molar-refractivity contribution is -0.126. The molecule has 0 bridgehead atoms. The van der Waals surface area contributed by atoms with Crippen molar-refractivity contribution in [2.24, 2.45) is 5.41 Å². The lowest BCUT2D eigenvalue weighted by atomic mass is 9.86. The second kappa shape index (κ2) is 14.0. The number of aryl methyl sites for hydroxylation is 2. The van der Waals surface area contributed by atoms with Crippen molar-refractivity contribution in [1.82, 2.24) is 29.7 Å². The number of nitriles is 1. The molecular formula is C38H47F3N8OS. The fourth-order valence-electron chi connectivity index (χ4n) is 8.67. The van der Waals surface area contributed by atoms with Crippen LogP contribution in [0.15, 0.2) is 24.3 Å². The number of amides is 1. The third kappa shape index (κ3) is 7.46. The number of alkyl halides is 3. The number of rotatable bonds is 9. The Hall–Kier alpha value is -3.73. The van der Waals surface area contributed by atoms with E-state index in [1.54, 1.807) is 13.0 Å². The molecule has 0 saturated carbocycles. The van der Waals surface area contributed by atoms with Gasteiger partial charge in [-0.05, 0) is 75.4 Å². The third-order valence-corrected chi connectivity index (χ3v) is 12.4. The van der Waals surface area contributed by atoms with Gasteiger partial charge in [0.05, 0.1) is 11.8 Å². The van der Waals surface area contributed by atoms with Crippen LogP contribution in [0.3, 0.4) is 0 Å². The fraction of sp³-hybridized carbons (Fsp3) is 0.579. The molecule has 1 spiro atoms. The Labute approximate surface area is 301 Å². The summed E-state index contributed by atoms with van der Waals surface area (Å²) in [6.07, 6.45) is -0.615. The normalized spacial score (nSPS) is 21.3. The highest BCUT2D eigenvalue weighted by molar-refractivity contribution is 7.18. The second-order valence-corrected chi connectivity index (χ2v) is 16.2. The first-order valence-electron chi connectivity index (χ1n) is 18.2. The predicted molar refractivity (Wildman–Crippen MR) is 195 cm³/mol. The van der Waals surface area contributed by atoms with Crippen LogP contribution in [0.1, 0.15) is 74.0 Å². The number of carbonyl (C=O) groups excluding carboxylic acids is 1. The van der Waals surface area contributed by atoms with Crippen LogP contribution in [0.4, 0.5) is 19.0 Å². The first-order valence-corrected chi connectivity index (χ1v) is 19.0. The second-order valence-electron chi connectivity index (χ2n) is 15.1. The highest BCUT2D eigenvalue weighted by atomic mass is 32.1. The molecule has 6 heterocycles. The lowest BCUT2D eigenvalue weighted by Gasteiger charge is -2.36. The smallest absolute Gasteiger partial charge is 0.355 e. The fourth-order valence-corrected chi connectivity index (χ4v) is 9.74. The Morgan fingerprint density at radius 2 is 1.88 bits per heavy atom. The van der Waals surface area contributed by atoms with Gasteiger partial charge >= 0.3 is 6.18 Å². The van der Waals surface area contributed by atoms with Gasteiger partial charge in [0, 0.05) is 92.4 Å². The van der Waals surface area contributed by atoms with Crippen LogP contribution in [-0.4, -0.2) is 87.8 Å². The number of piperidine rings is 1. The number of benzene rings is 1. The standard InChI is InChI=1S/C38H47F3N8OS/c1-5-34-44-35(32-17-30(18-38(39,40)41)51-36(32)45-34)48-15-11-37(23-48)10-14-46(22-37)21-27-6-7-33-31(25(27)3)16-29(19-42)49(33)20-24(2)47-12-8-28(9-13-47)43-26(4)50/h6-7,16-17,24,28H,5,8-15,18,20-23H2,1-4H3,(H,43,50)/t24-,37?/m0/s1. The van der Waals surface area contributed by atoms with Crippen LogP contribution in [0.25, 0.3) is 21.1 Å². The molecule has 4 aromatic rings. The van der Waals surface area contributed by atoms with Crippen molar-refractivity contribution >= 4 is 44.2 Å². The molecule has 1 aromatic carbocycles. The maximum absolute atomic E-state index is 13.2. The van der Waals surface area contributed by atoms with Crippen molar-refractivity contribution in [3.63, 3.8) is 0 Å². The first kappa shape index (κ1) is 35.7. The van der Waals surface area contributed by atoms with Crippen molar-refractivity contribution in [2.75, 3.05) is 44.2 Å². The third-order valence-electron chi connectivity index (χ3n) is 11.4. The molecule has 272 valence electrons. The molecule has 0 aliphatic carbocycles. The van der Waals surface area contributed by atoms with Crippen molar-refractivity contribution in [3.05, 3.63) is 51.8 Å². The summed E-state index contributed by atoms with van der Waals surface area (Å²) in [7, 11) is 0. The van der Waals surface area contributed by atoms with Gasteiger partial charge in [-0.1, -0.05) is 13.0 Å². The molecule has 2 atom stereocenters. The van der Waals surface area contributed by atoms with Crippen LogP contribution >= 0.6 is 11.3 Å². The monoisotopic (exact) mass is 720 g/mol. The molecule has 3 aromatic heterocycles. The predicted octanol–water partition coefficient (Wildman–Crippen LogP) is 6.58. The number of hydrogen-bond acceptors (Lipinski definition) is 8. The molecule has 3 fully saturated rings. The zero-order valence-corrected chi connectivity index (χ0v) is 30.8. The van der Waals surface area contributed by atoms with Gasteiger partial charge in [0.25, 0.3) is 0 Å². The van der Waals surface area contributed by atoms with E-state index in [1.807, 2.05) is 13.0 Å². The van der Waals surface area contributed by atoms with Crippen LogP contribution in [0, 0.1) is 23.7 Å². The summed E-state index contributed by atoms with van der Waals surface area (Å²) in [5, 5.41) is 15.0. The van der Waals surface area contributed by atoms with Gasteiger partial charge < -0.3 is 14.8 Å². The quantitative estimate of drug-likeness (QED) is 0.209. The van der Waals surface area contributed by atoms with Gasteiger partial charge in [0.1, 0.15) is 28.2 Å². The maximum atomic E-state index is 13.2. The van der Waals surface area contributed by atoms with Crippen molar-refractivity contribution < 1.29 is 18.0 Å². The molecule has 1 N–H and O–H groups in total. The average Bonchev–Trinajstić information content (AvgIpc) is 3.87. The Morgan fingerprint density at radius 3 is 2.59 bits per heavy atom. The maximum Gasteiger partial charge on any atom is 0.393 e. The van der Waals surface area contributed by atoms with E-state index in [2.05, 4.69) is 61.6 Å². The summed E-state index contributed by atoms with van der Waals surface area (Å²) in [6.45, 7) is 15.0. The van der Waals surface area contributed by atoms with Gasteiger partial charge in [0.15, 0.2) is 0 Å². The Balaban J connectivity index is 1.03. The van der Waals surface area contributed by atoms with E-state index in [9.17, 15) is 23.2 Å². The number of hydrogen-bond donors (Lipinski definition) is 1. The van der Waals surface area contributed by atoms with E-state index >= 15 is 0 Å². The summed E-state index contributed by atoms with van der Waals surface area (Å²) in [4.78, 5) is 29.1. The van der Waals surface area contributed by atoms with E-state index in [1.165, 1.54) is 11.1 Å². The van der Waals surface area contributed by atoms with Gasteiger partial charge in [-0.15, -0.1) is 11.3 Å². The largest absolute Gasteiger partial charge is 0.393 e. The molecule has 13 heteroatoms. The Kier molecular flexibility index (Phi) is 9.80. The molecule has 3 aliphatic heterocycles. The first-order chi connectivity index (χ1) is 24.3. The summed E-state index contributed by atoms with van der Waals surface area (Å²) >= 11 is 1.13. The molecule has 3 saturated heterocycles. The highest BCUT2D eigenvalue weighted by Crippen LogP contribution is 2.44.